The number of hydrogen-bond donors (Lipinski definition) is 5. The monoisotopic (exact) mass is 387 g/mol. The van der Waals surface area contributed by atoms with Crippen LogP contribution in [0.5, 0.6) is 5.75 Å². The molecule has 0 spiro atoms. The Kier molecular flexibility index (Phi) is 5.89. The Hall–Kier alpha value is -4.13. The molecule has 0 unspecified atom stereocenters. The third kappa shape index (κ3) is 5.20. The molecule has 0 heterocycles. The SMILES string of the molecule is N=C(N)c1ccc(C(=O)Nc2cccc(COc3cccc(C(=N)N)c3)c2)cc1. The highest BCUT2D eigenvalue weighted by Crippen LogP contribution is 2.17. The van der Waals surface area contributed by atoms with Crippen LogP contribution < -0.4 is 21.5 Å². The van der Waals surface area contributed by atoms with Gasteiger partial charge in [-0.05, 0) is 42.0 Å². The smallest absolute Gasteiger partial charge is 0.255 e. The summed E-state index contributed by atoms with van der Waals surface area (Å²) >= 11 is 0. The van der Waals surface area contributed by atoms with Crippen LogP contribution in [0.1, 0.15) is 27.0 Å². The number of rotatable bonds is 7. The van der Waals surface area contributed by atoms with E-state index in [1.54, 1.807) is 54.6 Å². The number of ether oxygens (including phenoxy) is 1. The van der Waals surface area contributed by atoms with E-state index in [0.717, 1.165) is 5.56 Å². The number of benzene rings is 3. The van der Waals surface area contributed by atoms with Gasteiger partial charge < -0.3 is 21.5 Å². The van der Waals surface area contributed by atoms with E-state index in [1.807, 2.05) is 18.2 Å². The van der Waals surface area contributed by atoms with Crippen molar-refractivity contribution in [3.05, 3.63) is 95.1 Å². The molecule has 0 aliphatic heterocycles. The highest BCUT2D eigenvalue weighted by atomic mass is 16.5. The summed E-state index contributed by atoms with van der Waals surface area (Å²) in [6, 6.07) is 20.9. The predicted molar refractivity (Wildman–Crippen MR) is 114 cm³/mol. The van der Waals surface area contributed by atoms with Gasteiger partial charge in [0, 0.05) is 22.4 Å². The molecule has 0 aromatic heterocycles. The Labute approximate surface area is 168 Å². The van der Waals surface area contributed by atoms with Crippen LogP contribution >= 0.6 is 0 Å². The molecule has 0 fully saturated rings. The normalized spacial score (nSPS) is 10.2. The van der Waals surface area contributed by atoms with Gasteiger partial charge in [0.05, 0.1) is 0 Å². The van der Waals surface area contributed by atoms with E-state index >= 15 is 0 Å². The summed E-state index contributed by atoms with van der Waals surface area (Å²) in [5.74, 6) is 0.292. The summed E-state index contributed by atoms with van der Waals surface area (Å²) in [5.41, 5.74) is 14.1. The molecule has 3 rings (SSSR count). The maximum absolute atomic E-state index is 12.4. The number of nitrogens with one attached hydrogen (secondary N) is 3. The Morgan fingerprint density at radius 2 is 1.48 bits per heavy atom. The molecule has 146 valence electrons. The van der Waals surface area contributed by atoms with Crippen LogP contribution in [0.2, 0.25) is 0 Å². The number of nitrogen functional groups attached to an aromatic ring is 2. The topological polar surface area (TPSA) is 138 Å². The second-order valence-electron chi connectivity index (χ2n) is 6.38. The number of amidine groups is 2. The molecule has 0 bridgehead atoms. The van der Waals surface area contributed by atoms with E-state index in [-0.39, 0.29) is 17.6 Å². The van der Waals surface area contributed by atoms with Crippen LogP contribution in [-0.2, 0) is 6.61 Å². The third-order valence-electron chi connectivity index (χ3n) is 4.19. The zero-order chi connectivity index (χ0) is 20.8. The Morgan fingerprint density at radius 1 is 0.828 bits per heavy atom. The minimum absolute atomic E-state index is 0.0171. The second-order valence-corrected chi connectivity index (χ2v) is 6.38. The van der Waals surface area contributed by atoms with Gasteiger partial charge in [-0.25, -0.2) is 0 Å². The number of anilines is 1. The molecule has 0 saturated carbocycles. The summed E-state index contributed by atoms with van der Waals surface area (Å²) in [6.07, 6.45) is 0. The Bertz CT molecular complexity index is 1060. The molecule has 0 radical (unpaired) electrons. The first-order valence-corrected chi connectivity index (χ1v) is 8.84. The summed E-state index contributed by atoms with van der Waals surface area (Å²) in [4.78, 5) is 12.4. The van der Waals surface area contributed by atoms with E-state index in [4.69, 9.17) is 27.0 Å². The molecule has 0 aliphatic rings. The average molecular weight is 387 g/mol. The molecule has 7 heteroatoms. The van der Waals surface area contributed by atoms with Gasteiger partial charge >= 0.3 is 0 Å². The fraction of sp³-hybridized carbons (Fsp3) is 0.0455. The quantitative estimate of drug-likeness (QED) is 0.314. The third-order valence-corrected chi connectivity index (χ3v) is 4.19. The van der Waals surface area contributed by atoms with Gasteiger partial charge in [0.15, 0.2) is 0 Å². The number of hydrogen-bond acceptors (Lipinski definition) is 4. The molecule has 29 heavy (non-hydrogen) atoms. The van der Waals surface area contributed by atoms with Crippen LogP contribution in [0.25, 0.3) is 0 Å². The first-order valence-electron chi connectivity index (χ1n) is 8.84. The molecule has 0 saturated heterocycles. The highest BCUT2D eigenvalue weighted by Gasteiger charge is 2.08. The molecular weight excluding hydrogens is 366 g/mol. The van der Waals surface area contributed by atoms with Crippen molar-refractivity contribution in [2.45, 2.75) is 6.61 Å². The minimum atomic E-state index is -0.257. The predicted octanol–water partition coefficient (Wildman–Crippen LogP) is 3.09. The number of carbonyl (C=O) groups excluding carboxylic acids is 1. The van der Waals surface area contributed by atoms with Gasteiger partial charge in [-0.1, -0.05) is 36.4 Å². The zero-order valence-corrected chi connectivity index (χ0v) is 15.6. The van der Waals surface area contributed by atoms with E-state index in [0.29, 0.717) is 34.7 Å². The lowest BCUT2D eigenvalue weighted by Gasteiger charge is -2.10. The molecule has 7 N–H and O–H groups in total. The largest absolute Gasteiger partial charge is 0.489 e. The van der Waals surface area contributed by atoms with Crippen molar-refractivity contribution in [3.63, 3.8) is 0 Å². The first-order chi connectivity index (χ1) is 13.9. The van der Waals surface area contributed by atoms with E-state index in [2.05, 4.69) is 5.32 Å². The van der Waals surface area contributed by atoms with Crippen molar-refractivity contribution in [1.82, 2.24) is 0 Å². The molecule has 7 nitrogen and oxygen atoms in total. The van der Waals surface area contributed by atoms with Crippen molar-refractivity contribution in [2.75, 3.05) is 5.32 Å². The standard InChI is InChI=1S/C22H21N5O2/c23-20(24)15-7-9-16(10-8-15)22(28)27-18-5-1-3-14(11-18)13-29-19-6-2-4-17(12-19)21(25)26/h1-12H,13H2,(H3,23,24)(H3,25,26)(H,27,28). The molecule has 3 aromatic rings. The highest BCUT2D eigenvalue weighted by molar-refractivity contribution is 6.05. The summed E-state index contributed by atoms with van der Waals surface area (Å²) in [6.45, 7) is 0.304. The number of carbonyl (C=O) groups is 1. The van der Waals surface area contributed by atoms with Gasteiger partial charge in [0.2, 0.25) is 0 Å². The van der Waals surface area contributed by atoms with Crippen LogP contribution in [0.15, 0.2) is 72.8 Å². The maximum atomic E-state index is 12.4. The number of nitrogens with two attached hydrogens (primary N) is 2. The summed E-state index contributed by atoms with van der Waals surface area (Å²) in [5, 5.41) is 17.7. The van der Waals surface area contributed by atoms with Crippen molar-refractivity contribution in [2.24, 2.45) is 11.5 Å². The van der Waals surface area contributed by atoms with Gasteiger partial charge in [-0.15, -0.1) is 0 Å². The van der Waals surface area contributed by atoms with Gasteiger partial charge in [0.1, 0.15) is 24.0 Å². The molecule has 3 aromatic carbocycles. The van der Waals surface area contributed by atoms with Gasteiger partial charge in [0.25, 0.3) is 5.91 Å². The van der Waals surface area contributed by atoms with Crippen LogP contribution in [0, 0.1) is 10.8 Å². The number of amides is 1. The van der Waals surface area contributed by atoms with E-state index in [9.17, 15) is 4.79 Å². The lowest BCUT2D eigenvalue weighted by Crippen LogP contribution is -2.14. The van der Waals surface area contributed by atoms with Crippen molar-refractivity contribution < 1.29 is 9.53 Å². The van der Waals surface area contributed by atoms with Crippen molar-refractivity contribution in [3.8, 4) is 5.75 Å². The van der Waals surface area contributed by atoms with E-state index < -0.39 is 0 Å². The lowest BCUT2D eigenvalue weighted by atomic mass is 10.1. The fourth-order valence-corrected chi connectivity index (χ4v) is 2.66. The lowest BCUT2D eigenvalue weighted by molar-refractivity contribution is 0.102. The van der Waals surface area contributed by atoms with Crippen LogP contribution in [-0.4, -0.2) is 17.6 Å². The molecule has 0 atom stereocenters. The molecular formula is C22H21N5O2. The van der Waals surface area contributed by atoms with Crippen molar-refractivity contribution >= 4 is 23.3 Å². The Morgan fingerprint density at radius 3 is 2.17 bits per heavy atom. The molecule has 0 aliphatic carbocycles. The maximum Gasteiger partial charge on any atom is 0.255 e. The van der Waals surface area contributed by atoms with Gasteiger partial charge in [-0.2, -0.15) is 0 Å². The zero-order valence-electron chi connectivity index (χ0n) is 15.6. The van der Waals surface area contributed by atoms with E-state index in [1.165, 1.54) is 0 Å². The van der Waals surface area contributed by atoms with Crippen molar-refractivity contribution in [1.29, 1.82) is 10.8 Å². The second kappa shape index (κ2) is 8.71. The summed E-state index contributed by atoms with van der Waals surface area (Å²) in [7, 11) is 0. The Balaban J connectivity index is 1.64. The molecule has 1 amide bonds. The summed E-state index contributed by atoms with van der Waals surface area (Å²) < 4.78 is 5.77. The van der Waals surface area contributed by atoms with Crippen LogP contribution in [0.3, 0.4) is 0 Å². The fourth-order valence-electron chi connectivity index (χ4n) is 2.66. The van der Waals surface area contributed by atoms with Gasteiger partial charge in [-0.3, -0.25) is 15.6 Å². The van der Waals surface area contributed by atoms with Crippen LogP contribution in [0.4, 0.5) is 5.69 Å². The first kappa shape index (κ1) is 19.6. The minimum Gasteiger partial charge on any atom is -0.489 e. The average Bonchev–Trinajstić information content (AvgIpc) is 2.73.